The van der Waals surface area contributed by atoms with Crippen molar-refractivity contribution in [3.8, 4) is 34.5 Å². The average molecular weight is 783 g/mol. The normalized spacial score (nSPS) is 15.9. The highest BCUT2D eigenvalue weighted by molar-refractivity contribution is 6.18. The SMILES string of the molecule is CC(C)=CCCC(C)=CCOc1cc(O)c2c(c1)[C@@H]([C@@H]1c3cc(C)cc(O)c3C(=O)c3c1cc(O)c(CC=C(C)CCC=C(C)C)c3O)c1cc(C)cc(O)c1C2=O. The second-order valence-electron chi connectivity index (χ2n) is 16.5. The number of benzene rings is 4. The second kappa shape index (κ2) is 16.8. The van der Waals surface area contributed by atoms with Crippen molar-refractivity contribution in [1.29, 1.82) is 0 Å². The lowest BCUT2D eigenvalue weighted by atomic mass is 9.63. The molecule has 2 aliphatic rings. The Kier molecular flexibility index (Phi) is 12.1. The molecule has 58 heavy (non-hydrogen) atoms. The van der Waals surface area contributed by atoms with Crippen LogP contribution in [0, 0.1) is 13.8 Å². The fourth-order valence-corrected chi connectivity index (χ4v) is 8.41. The molecule has 0 saturated carbocycles. The maximum Gasteiger partial charge on any atom is 0.201 e. The number of phenols is 5. The molecule has 8 heteroatoms. The Labute approximate surface area is 341 Å². The zero-order valence-corrected chi connectivity index (χ0v) is 34.7. The number of ketones is 2. The van der Waals surface area contributed by atoms with E-state index in [1.165, 1.54) is 35.4 Å². The van der Waals surface area contributed by atoms with E-state index in [0.717, 1.165) is 36.8 Å². The maximum absolute atomic E-state index is 14.5. The monoisotopic (exact) mass is 782 g/mol. The molecule has 0 amide bonds. The van der Waals surface area contributed by atoms with E-state index in [4.69, 9.17) is 4.74 Å². The lowest BCUT2D eigenvalue weighted by Crippen LogP contribution is -2.30. The number of hydrogen-bond donors (Lipinski definition) is 5. The van der Waals surface area contributed by atoms with Gasteiger partial charge >= 0.3 is 0 Å². The molecule has 0 aliphatic heterocycles. The van der Waals surface area contributed by atoms with Crippen LogP contribution in [-0.2, 0) is 6.42 Å². The zero-order valence-electron chi connectivity index (χ0n) is 34.7. The molecule has 4 aromatic carbocycles. The van der Waals surface area contributed by atoms with Crippen LogP contribution in [0.15, 0.2) is 89.1 Å². The minimum atomic E-state index is -0.903. The lowest BCUT2D eigenvalue weighted by Gasteiger charge is -2.39. The van der Waals surface area contributed by atoms with Crippen LogP contribution in [0.25, 0.3) is 0 Å². The fraction of sp³-hybridized carbons (Fsp3) is 0.320. The van der Waals surface area contributed by atoms with Gasteiger partial charge in [0.2, 0.25) is 11.6 Å². The first kappa shape index (κ1) is 41.6. The van der Waals surface area contributed by atoms with Gasteiger partial charge < -0.3 is 30.3 Å². The van der Waals surface area contributed by atoms with Crippen molar-refractivity contribution < 1.29 is 39.9 Å². The van der Waals surface area contributed by atoms with Gasteiger partial charge in [-0.2, -0.15) is 0 Å². The van der Waals surface area contributed by atoms with Gasteiger partial charge in [0, 0.05) is 23.5 Å². The van der Waals surface area contributed by atoms with Gasteiger partial charge in [-0.3, -0.25) is 9.59 Å². The first-order chi connectivity index (χ1) is 27.5. The summed E-state index contributed by atoms with van der Waals surface area (Å²) >= 11 is 0. The summed E-state index contributed by atoms with van der Waals surface area (Å²) in [6.07, 6.45) is 11.8. The molecule has 2 aliphatic carbocycles. The van der Waals surface area contributed by atoms with Gasteiger partial charge in [-0.1, -0.05) is 52.7 Å². The summed E-state index contributed by atoms with van der Waals surface area (Å²) in [5.41, 5.74) is 7.53. The Balaban J connectivity index is 1.56. The Hall–Kier alpha value is -6.02. The van der Waals surface area contributed by atoms with Gasteiger partial charge in [-0.25, -0.2) is 0 Å². The number of phenolic OH excluding ortho intramolecular Hbond substituents is 5. The van der Waals surface area contributed by atoms with E-state index < -0.39 is 29.2 Å². The minimum absolute atomic E-state index is 0.00217. The quantitative estimate of drug-likeness (QED) is 0.0893. The maximum atomic E-state index is 14.5. The van der Waals surface area contributed by atoms with Crippen molar-refractivity contribution >= 4 is 11.6 Å². The van der Waals surface area contributed by atoms with Crippen LogP contribution >= 0.6 is 0 Å². The molecular weight excluding hydrogens is 729 g/mol. The van der Waals surface area contributed by atoms with Gasteiger partial charge in [-0.05, 0) is 151 Å². The van der Waals surface area contributed by atoms with E-state index in [1.807, 2.05) is 39.8 Å². The fourth-order valence-electron chi connectivity index (χ4n) is 8.41. The van der Waals surface area contributed by atoms with Gasteiger partial charge in [0.15, 0.2) is 0 Å². The Morgan fingerprint density at radius 3 is 1.52 bits per heavy atom. The Bertz CT molecular complexity index is 2450. The molecule has 4 aromatic rings. The lowest BCUT2D eigenvalue weighted by molar-refractivity contribution is 0.101. The molecule has 0 bridgehead atoms. The molecule has 0 spiro atoms. The van der Waals surface area contributed by atoms with Crippen molar-refractivity contribution in [1.82, 2.24) is 0 Å². The standard InChI is InChI=1S/C50H54O8/c1-26(2)11-9-13-28(5)15-16-33-38(51)25-37-43(35-20-31(8)22-40(53)45(35)50(57)47(37)48(33)55)42-34-19-30(7)21-39(52)44(34)49(56)46-36(42)23-32(24-41(46)54)58-18-17-29(6)14-10-12-27(3)4/h11-12,15,17,19-25,42-43,51-55H,9-10,13-14,16,18H2,1-8H3/t42-,43+/m0/s1. The summed E-state index contributed by atoms with van der Waals surface area (Å²) in [6.45, 7) is 16.0. The predicted octanol–water partition coefficient (Wildman–Crippen LogP) is 11.2. The first-order valence-electron chi connectivity index (χ1n) is 19.9. The highest BCUT2D eigenvalue weighted by Gasteiger charge is 2.46. The van der Waals surface area contributed by atoms with Crippen LogP contribution in [0.2, 0.25) is 0 Å². The molecule has 2 atom stereocenters. The summed E-state index contributed by atoms with van der Waals surface area (Å²) in [7, 11) is 0. The number of fused-ring (bicyclic) bond motifs is 4. The second-order valence-corrected chi connectivity index (χ2v) is 16.5. The molecule has 0 aromatic heterocycles. The van der Waals surface area contributed by atoms with Crippen molar-refractivity contribution in [3.05, 3.63) is 150 Å². The van der Waals surface area contributed by atoms with E-state index in [0.29, 0.717) is 33.6 Å². The third-order valence-corrected chi connectivity index (χ3v) is 11.2. The van der Waals surface area contributed by atoms with Crippen molar-refractivity contribution in [2.75, 3.05) is 6.61 Å². The third-order valence-electron chi connectivity index (χ3n) is 11.2. The minimum Gasteiger partial charge on any atom is -0.508 e. The van der Waals surface area contributed by atoms with E-state index in [1.54, 1.807) is 32.0 Å². The summed E-state index contributed by atoms with van der Waals surface area (Å²) in [5.74, 6) is -4.15. The molecule has 0 saturated heterocycles. The topological polar surface area (TPSA) is 145 Å². The zero-order chi connectivity index (χ0) is 42.2. The number of allylic oxidation sites excluding steroid dienone is 7. The molecule has 0 heterocycles. The van der Waals surface area contributed by atoms with E-state index in [-0.39, 0.29) is 69.4 Å². The molecule has 0 radical (unpaired) electrons. The van der Waals surface area contributed by atoms with Crippen LogP contribution in [-0.4, -0.2) is 43.7 Å². The third kappa shape index (κ3) is 8.19. The largest absolute Gasteiger partial charge is 0.508 e. The van der Waals surface area contributed by atoms with Crippen LogP contribution in [0.1, 0.15) is 150 Å². The van der Waals surface area contributed by atoms with Gasteiger partial charge in [0.25, 0.3) is 0 Å². The van der Waals surface area contributed by atoms with Crippen molar-refractivity contribution in [2.45, 2.75) is 99.3 Å². The number of hydrogen-bond acceptors (Lipinski definition) is 8. The summed E-state index contributed by atoms with van der Waals surface area (Å²) < 4.78 is 6.19. The molecule has 302 valence electrons. The average Bonchev–Trinajstić information content (AvgIpc) is 3.11. The summed E-state index contributed by atoms with van der Waals surface area (Å²) in [4.78, 5) is 28.9. The van der Waals surface area contributed by atoms with E-state index in [2.05, 4.69) is 26.0 Å². The van der Waals surface area contributed by atoms with E-state index in [9.17, 15) is 35.1 Å². The highest BCUT2D eigenvalue weighted by atomic mass is 16.5. The molecule has 8 nitrogen and oxygen atoms in total. The highest BCUT2D eigenvalue weighted by Crippen LogP contribution is 2.57. The first-order valence-corrected chi connectivity index (χ1v) is 19.9. The van der Waals surface area contributed by atoms with Crippen molar-refractivity contribution in [3.63, 3.8) is 0 Å². The van der Waals surface area contributed by atoms with Gasteiger partial charge in [-0.15, -0.1) is 0 Å². The van der Waals surface area contributed by atoms with Crippen LogP contribution in [0.3, 0.4) is 0 Å². The number of aromatic hydroxyl groups is 5. The number of carbonyl (C=O) groups is 2. The van der Waals surface area contributed by atoms with Crippen molar-refractivity contribution in [2.24, 2.45) is 0 Å². The van der Waals surface area contributed by atoms with Crippen LogP contribution in [0.4, 0.5) is 0 Å². The smallest absolute Gasteiger partial charge is 0.201 e. The summed E-state index contributed by atoms with van der Waals surface area (Å²) in [6, 6.07) is 11.1. The number of rotatable bonds is 12. The van der Waals surface area contributed by atoms with Gasteiger partial charge in [0.05, 0.1) is 22.3 Å². The number of ether oxygens (including phenoxy) is 1. The Morgan fingerprint density at radius 1 is 0.552 bits per heavy atom. The Morgan fingerprint density at radius 2 is 1.00 bits per heavy atom. The number of aryl methyl sites for hydroxylation is 2. The van der Waals surface area contributed by atoms with E-state index >= 15 is 0 Å². The van der Waals surface area contributed by atoms with Crippen LogP contribution < -0.4 is 4.74 Å². The van der Waals surface area contributed by atoms with Gasteiger partial charge in [0.1, 0.15) is 41.1 Å². The van der Waals surface area contributed by atoms with Crippen LogP contribution in [0.5, 0.6) is 34.5 Å². The number of carbonyl (C=O) groups excluding carboxylic acids is 2. The predicted molar refractivity (Wildman–Crippen MR) is 228 cm³/mol. The molecule has 0 fully saturated rings. The molecule has 0 unspecified atom stereocenters. The molecular formula is C50H54O8. The molecule has 5 N–H and O–H groups in total. The summed E-state index contributed by atoms with van der Waals surface area (Å²) in [5, 5.41) is 58.1. The molecule has 6 rings (SSSR count).